The van der Waals surface area contributed by atoms with Crippen molar-refractivity contribution < 1.29 is 29.0 Å². The summed E-state index contributed by atoms with van der Waals surface area (Å²) in [6.07, 6.45) is 0.929. The van der Waals surface area contributed by atoms with Crippen molar-refractivity contribution in [3.8, 4) is 5.75 Å². The van der Waals surface area contributed by atoms with Gasteiger partial charge in [0.2, 0.25) is 11.8 Å². The van der Waals surface area contributed by atoms with Crippen LogP contribution < -0.4 is 16.1 Å². The molecular weight excluding hydrogens is 476 g/mol. The van der Waals surface area contributed by atoms with Crippen molar-refractivity contribution in [2.24, 2.45) is 11.3 Å². The molecule has 0 spiro atoms. The molecule has 3 amide bonds. The van der Waals surface area contributed by atoms with Gasteiger partial charge in [-0.1, -0.05) is 46.8 Å². The van der Waals surface area contributed by atoms with Crippen LogP contribution in [0.15, 0.2) is 24.3 Å². The van der Waals surface area contributed by atoms with E-state index in [1.807, 2.05) is 13.8 Å². The summed E-state index contributed by atoms with van der Waals surface area (Å²) < 4.78 is 5.30. The molecule has 1 aromatic carbocycles. The van der Waals surface area contributed by atoms with Crippen molar-refractivity contribution in [1.29, 1.82) is 0 Å². The second kappa shape index (κ2) is 12.9. The Morgan fingerprint density at radius 2 is 1.81 bits per heavy atom. The zero-order chi connectivity index (χ0) is 27.9. The maximum absolute atomic E-state index is 13.6. The molecule has 1 fully saturated rings. The van der Waals surface area contributed by atoms with E-state index in [9.17, 15) is 24.3 Å². The molecule has 0 saturated carbocycles. The van der Waals surface area contributed by atoms with Crippen LogP contribution in [0.2, 0.25) is 0 Å². The molecule has 1 aromatic rings. The molecule has 0 aliphatic carbocycles. The van der Waals surface area contributed by atoms with Crippen LogP contribution >= 0.6 is 0 Å². The van der Waals surface area contributed by atoms with Crippen molar-refractivity contribution in [1.82, 2.24) is 21.1 Å². The topological polar surface area (TPSA) is 137 Å². The lowest BCUT2D eigenvalue weighted by molar-refractivity contribution is -0.156. The lowest BCUT2D eigenvalue weighted by Crippen LogP contribution is -2.62. The number of hydrogen-bond acceptors (Lipinski definition) is 7. The van der Waals surface area contributed by atoms with E-state index in [1.54, 1.807) is 46.8 Å². The highest BCUT2D eigenvalue weighted by Gasteiger charge is 2.36. The summed E-state index contributed by atoms with van der Waals surface area (Å²) in [5.41, 5.74) is 2.90. The number of amides is 3. The number of hydrazine groups is 1. The SMILES string of the molecule is CC(C)OC(=O)C1CCCN(C(=O)[C@H](Cc2cccc(O)c2)NC(=O)C(NC(=O)C(C)(C)C)C(C)C)N1. The molecule has 0 aromatic heterocycles. The van der Waals surface area contributed by atoms with Crippen LogP contribution in [0.5, 0.6) is 5.75 Å². The van der Waals surface area contributed by atoms with Crippen molar-refractivity contribution in [2.75, 3.05) is 6.54 Å². The summed E-state index contributed by atoms with van der Waals surface area (Å²) in [6.45, 7) is 12.8. The van der Waals surface area contributed by atoms with Crippen LogP contribution in [-0.4, -0.2) is 64.6 Å². The van der Waals surface area contributed by atoms with Crippen molar-refractivity contribution in [3.63, 3.8) is 0 Å². The van der Waals surface area contributed by atoms with Gasteiger partial charge in [-0.3, -0.25) is 24.2 Å². The number of benzene rings is 1. The Morgan fingerprint density at radius 1 is 1.14 bits per heavy atom. The fraction of sp³-hybridized carbons (Fsp3) is 0.630. The van der Waals surface area contributed by atoms with Gasteiger partial charge in [0.1, 0.15) is 23.9 Å². The molecule has 0 bridgehead atoms. The molecule has 2 unspecified atom stereocenters. The lowest BCUT2D eigenvalue weighted by atomic mass is 9.93. The third-order valence-electron chi connectivity index (χ3n) is 5.97. The number of nitrogens with zero attached hydrogens (tertiary/aromatic N) is 1. The Balaban J connectivity index is 2.27. The number of carbonyl (C=O) groups excluding carboxylic acids is 4. The fourth-order valence-electron chi connectivity index (χ4n) is 3.89. The molecule has 3 atom stereocenters. The van der Waals surface area contributed by atoms with Gasteiger partial charge in [-0.05, 0) is 50.3 Å². The van der Waals surface area contributed by atoms with Crippen molar-refractivity contribution in [2.45, 2.75) is 92.0 Å². The predicted molar refractivity (Wildman–Crippen MR) is 139 cm³/mol. The Bertz CT molecular complexity index is 972. The van der Waals surface area contributed by atoms with Crippen LogP contribution in [0.3, 0.4) is 0 Å². The minimum absolute atomic E-state index is 0.0418. The number of carbonyl (C=O) groups is 4. The molecule has 206 valence electrons. The quantitative estimate of drug-likeness (QED) is 0.367. The molecule has 1 saturated heterocycles. The van der Waals surface area contributed by atoms with Crippen LogP contribution in [0.1, 0.15) is 66.9 Å². The zero-order valence-corrected chi connectivity index (χ0v) is 23.0. The number of rotatable bonds is 9. The third-order valence-corrected chi connectivity index (χ3v) is 5.97. The highest BCUT2D eigenvalue weighted by molar-refractivity contribution is 5.93. The maximum atomic E-state index is 13.6. The number of ether oxygens (including phenoxy) is 1. The van der Waals surface area contributed by atoms with Crippen molar-refractivity contribution in [3.05, 3.63) is 29.8 Å². The van der Waals surface area contributed by atoms with E-state index in [2.05, 4.69) is 16.1 Å². The molecule has 1 aliphatic rings. The Labute approximate surface area is 219 Å². The maximum Gasteiger partial charge on any atom is 0.325 e. The van der Waals surface area contributed by atoms with Gasteiger partial charge in [-0.25, -0.2) is 5.43 Å². The fourth-order valence-corrected chi connectivity index (χ4v) is 3.89. The smallest absolute Gasteiger partial charge is 0.325 e. The summed E-state index contributed by atoms with van der Waals surface area (Å²) in [7, 11) is 0. The van der Waals surface area contributed by atoms with Gasteiger partial charge in [0.25, 0.3) is 5.91 Å². The van der Waals surface area contributed by atoms with Gasteiger partial charge < -0.3 is 20.5 Å². The summed E-state index contributed by atoms with van der Waals surface area (Å²) in [4.78, 5) is 52.0. The monoisotopic (exact) mass is 518 g/mol. The summed E-state index contributed by atoms with van der Waals surface area (Å²) in [5.74, 6) is -1.82. The van der Waals surface area contributed by atoms with Gasteiger partial charge in [-0.2, -0.15) is 0 Å². The number of phenols is 1. The molecule has 0 radical (unpaired) electrons. The van der Waals surface area contributed by atoms with Crippen LogP contribution in [0.25, 0.3) is 0 Å². The van der Waals surface area contributed by atoms with E-state index < -0.39 is 41.3 Å². The number of aromatic hydroxyl groups is 1. The minimum atomic E-state index is -1.01. The highest BCUT2D eigenvalue weighted by Crippen LogP contribution is 2.17. The second-order valence-electron chi connectivity index (χ2n) is 11.2. The van der Waals surface area contributed by atoms with Gasteiger partial charge in [0.05, 0.1) is 6.10 Å². The average Bonchev–Trinajstić information content (AvgIpc) is 2.80. The average molecular weight is 519 g/mol. The standard InChI is InChI=1S/C27H42N4O6/c1-16(2)22(29-26(36)27(5,6)7)23(33)28-21(15-18-10-8-11-19(32)14-18)24(34)31-13-9-12-20(30-31)25(35)37-17(3)4/h8,10-11,14,16-17,20-22,30,32H,9,12-13,15H2,1-7H3,(H,28,33)(H,29,36)/t20?,21-,22?/m0/s1. The predicted octanol–water partition coefficient (Wildman–Crippen LogP) is 2.05. The number of esters is 1. The van der Waals surface area contributed by atoms with Gasteiger partial charge in [0.15, 0.2) is 0 Å². The molecule has 37 heavy (non-hydrogen) atoms. The number of phenolic OH excluding ortho intramolecular Hbond substituents is 1. The molecule has 1 aliphatic heterocycles. The van der Waals surface area contributed by atoms with E-state index in [0.717, 1.165) is 0 Å². The summed E-state index contributed by atoms with van der Waals surface area (Å²) in [6, 6.07) is 3.92. The first kappa shape index (κ1) is 30.1. The van der Waals surface area contributed by atoms with Crippen LogP contribution in [0.4, 0.5) is 0 Å². The summed E-state index contributed by atoms with van der Waals surface area (Å²) in [5, 5.41) is 16.9. The Kier molecular flexibility index (Phi) is 10.5. The van der Waals surface area contributed by atoms with E-state index in [0.29, 0.717) is 24.9 Å². The molecular formula is C27H42N4O6. The first-order valence-electron chi connectivity index (χ1n) is 12.9. The normalized spacial score (nSPS) is 17.8. The van der Waals surface area contributed by atoms with E-state index in [4.69, 9.17) is 4.74 Å². The van der Waals surface area contributed by atoms with Gasteiger partial charge in [0, 0.05) is 18.4 Å². The molecule has 10 nitrogen and oxygen atoms in total. The van der Waals surface area contributed by atoms with Gasteiger partial charge >= 0.3 is 5.97 Å². The Hall–Kier alpha value is -3.14. The first-order chi connectivity index (χ1) is 17.2. The molecule has 4 N–H and O–H groups in total. The Morgan fingerprint density at radius 3 is 2.38 bits per heavy atom. The minimum Gasteiger partial charge on any atom is -0.508 e. The van der Waals surface area contributed by atoms with Crippen LogP contribution in [0, 0.1) is 11.3 Å². The zero-order valence-electron chi connectivity index (χ0n) is 23.0. The lowest BCUT2D eigenvalue weighted by Gasteiger charge is -2.36. The molecule has 2 rings (SSSR count). The molecule has 1 heterocycles. The highest BCUT2D eigenvalue weighted by atomic mass is 16.5. The van der Waals surface area contributed by atoms with E-state index in [-0.39, 0.29) is 30.1 Å². The van der Waals surface area contributed by atoms with Gasteiger partial charge in [-0.15, -0.1) is 0 Å². The summed E-state index contributed by atoms with van der Waals surface area (Å²) >= 11 is 0. The number of nitrogens with one attached hydrogen (secondary N) is 3. The third kappa shape index (κ3) is 9.03. The van der Waals surface area contributed by atoms with Crippen molar-refractivity contribution >= 4 is 23.7 Å². The number of hydrogen-bond donors (Lipinski definition) is 4. The van der Waals surface area contributed by atoms with Crippen LogP contribution in [-0.2, 0) is 30.3 Å². The largest absolute Gasteiger partial charge is 0.508 e. The van der Waals surface area contributed by atoms with E-state index in [1.165, 1.54) is 17.1 Å². The second-order valence-corrected chi connectivity index (χ2v) is 11.2. The van der Waals surface area contributed by atoms with E-state index >= 15 is 0 Å². The molecule has 10 heteroatoms. The first-order valence-corrected chi connectivity index (χ1v) is 12.9.